The number of aliphatic hydroxyl groups is 1. The number of hydrogen-bond donors (Lipinski definition) is 2. The Balaban J connectivity index is 1.79. The fraction of sp³-hybridized carbons (Fsp3) is 0.192. The molecule has 1 heterocycles. The Morgan fingerprint density at radius 1 is 0.775 bits per heavy atom. The van der Waals surface area contributed by atoms with Gasteiger partial charge in [-0.25, -0.2) is 0 Å². The number of nitro groups is 3. The molecule has 0 spiro atoms. The predicted octanol–water partition coefficient (Wildman–Crippen LogP) is 4.91. The number of rotatable bonds is 9. The van der Waals surface area contributed by atoms with Crippen LogP contribution < -0.4 is 0 Å². The predicted molar refractivity (Wildman–Crippen MR) is 136 cm³/mol. The zero-order valence-corrected chi connectivity index (χ0v) is 20.6. The van der Waals surface area contributed by atoms with E-state index in [1.165, 1.54) is 67.6 Å². The topological polar surface area (TPSA) is 205 Å². The highest BCUT2D eigenvalue weighted by atomic mass is 16.7. The van der Waals surface area contributed by atoms with Gasteiger partial charge in [-0.15, -0.1) is 0 Å². The summed E-state index contributed by atoms with van der Waals surface area (Å²) in [6, 6.07) is 15.3. The van der Waals surface area contributed by atoms with E-state index in [-0.39, 0.29) is 34.0 Å². The lowest BCUT2D eigenvalue weighted by Crippen LogP contribution is -2.31. The lowest BCUT2D eigenvalue weighted by molar-refractivity contribution is -0.385. The molecule has 0 aliphatic carbocycles. The van der Waals surface area contributed by atoms with Crippen LogP contribution in [0.25, 0.3) is 0 Å². The minimum atomic E-state index is -1.70. The summed E-state index contributed by atoms with van der Waals surface area (Å²) in [6.45, 7) is 1.52. The molecule has 3 aromatic rings. The number of non-ortho nitro benzene ring substituents is 3. The zero-order chi connectivity index (χ0) is 29.1. The third-order valence-corrected chi connectivity index (χ3v) is 6.37. The first-order chi connectivity index (χ1) is 19.0. The summed E-state index contributed by atoms with van der Waals surface area (Å²) in [7, 11) is 0. The first kappa shape index (κ1) is 27.8. The van der Waals surface area contributed by atoms with Crippen LogP contribution in [0, 0.1) is 36.3 Å². The highest BCUT2D eigenvalue weighted by molar-refractivity contribution is 5.74. The molecule has 14 nitrogen and oxygen atoms in total. The minimum Gasteiger partial charge on any atom is -0.481 e. The van der Waals surface area contributed by atoms with Gasteiger partial charge in [0.2, 0.25) is 6.29 Å². The van der Waals surface area contributed by atoms with Gasteiger partial charge in [0.25, 0.3) is 17.1 Å². The molecule has 3 aromatic carbocycles. The SMILES string of the molecule is CC1=C([C@@H](C(=O)O)[C@H](O)c2ccc([N+](=O)[O-])cc2)O[C@H](c2ccc([N+](=O)[O-])cc2)O[C@@H]1c1ccc([N+](=O)[O-])cc1. The molecule has 206 valence electrons. The van der Waals surface area contributed by atoms with Gasteiger partial charge in [-0.2, -0.15) is 0 Å². The van der Waals surface area contributed by atoms with Gasteiger partial charge in [-0.3, -0.25) is 35.1 Å². The molecule has 0 fully saturated rings. The summed E-state index contributed by atoms with van der Waals surface area (Å²) in [5.41, 5.74) is 0.419. The monoisotopic (exact) mass is 551 g/mol. The van der Waals surface area contributed by atoms with Crippen LogP contribution in [0.5, 0.6) is 0 Å². The maximum absolute atomic E-state index is 12.5. The maximum atomic E-state index is 12.5. The van der Waals surface area contributed by atoms with Gasteiger partial charge in [0.15, 0.2) is 0 Å². The van der Waals surface area contributed by atoms with Crippen molar-refractivity contribution in [3.05, 3.63) is 131 Å². The van der Waals surface area contributed by atoms with Gasteiger partial charge in [-0.05, 0) is 60.0 Å². The molecule has 1 aliphatic rings. The number of carboxylic acid groups (broad SMARTS) is 1. The average molecular weight is 551 g/mol. The van der Waals surface area contributed by atoms with E-state index in [1.807, 2.05) is 0 Å². The van der Waals surface area contributed by atoms with Gasteiger partial charge < -0.3 is 19.7 Å². The van der Waals surface area contributed by atoms with E-state index in [2.05, 4.69) is 0 Å². The number of aliphatic carboxylic acids is 1. The lowest BCUT2D eigenvalue weighted by atomic mass is 9.88. The molecule has 0 amide bonds. The first-order valence-electron chi connectivity index (χ1n) is 11.6. The Hall–Kier alpha value is -5.21. The Morgan fingerprint density at radius 3 is 1.62 bits per heavy atom. The van der Waals surface area contributed by atoms with Crippen LogP contribution in [0.1, 0.15) is 42.1 Å². The van der Waals surface area contributed by atoms with Crippen LogP contribution in [0.3, 0.4) is 0 Å². The van der Waals surface area contributed by atoms with Crippen molar-refractivity contribution in [2.75, 3.05) is 0 Å². The lowest BCUT2D eigenvalue weighted by Gasteiger charge is -2.37. The quantitative estimate of drug-likeness (QED) is 0.270. The molecule has 40 heavy (non-hydrogen) atoms. The fourth-order valence-electron chi connectivity index (χ4n) is 4.28. The van der Waals surface area contributed by atoms with Gasteiger partial charge in [-0.1, -0.05) is 0 Å². The molecule has 0 aromatic heterocycles. The van der Waals surface area contributed by atoms with Crippen LogP contribution in [0.4, 0.5) is 17.1 Å². The van der Waals surface area contributed by atoms with E-state index >= 15 is 0 Å². The number of hydrogen-bond acceptors (Lipinski definition) is 10. The normalized spacial score (nSPS) is 18.4. The first-order valence-corrected chi connectivity index (χ1v) is 11.6. The molecular formula is C26H21N3O11. The van der Waals surface area contributed by atoms with Crippen molar-refractivity contribution in [2.45, 2.75) is 25.4 Å². The minimum absolute atomic E-state index is 0.0761. The van der Waals surface area contributed by atoms with Crippen molar-refractivity contribution in [3.63, 3.8) is 0 Å². The fourth-order valence-corrected chi connectivity index (χ4v) is 4.28. The van der Waals surface area contributed by atoms with Crippen LogP contribution in [-0.2, 0) is 14.3 Å². The number of carbonyl (C=O) groups is 1. The molecule has 4 atom stereocenters. The van der Waals surface area contributed by atoms with E-state index in [0.29, 0.717) is 11.1 Å². The molecule has 0 saturated heterocycles. The van der Waals surface area contributed by atoms with E-state index < -0.39 is 45.2 Å². The number of ether oxygens (including phenoxy) is 2. The standard InChI is InChI=1S/C26H21N3O11/c1-14-23(16-4-10-19(11-5-16)28(35)36)39-26(17-6-12-20(13-7-17)29(37)38)40-24(14)21(25(31)32)22(30)15-2-8-18(9-3-15)27(33)34/h2-13,21-23,26,30H,1H3,(H,31,32)/t21-,22+,23-,26+/m0/s1. The van der Waals surface area contributed by atoms with Crippen molar-refractivity contribution >= 4 is 23.0 Å². The average Bonchev–Trinajstić information content (AvgIpc) is 2.94. The molecule has 0 unspecified atom stereocenters. The second-order valence-corrected chi connectivity index (χ2v) is 8.82. The van der Waals surface area contributed by atoms with Crippen LogP contribution >= 0.6 is 0 Å². The molecule has 0 bridgehead atoms. The molecule has 0 radical (unpaired) electrons. The highest BCUT2D eigenvalue weighted by Crippen LogP contribution is 2.45. The highest BCUT2D eigenvalue weighted by Gasteiger charge is 2.41. The summed E-state index contributed by atoms with van der Waals surface area (Å²) in [5.74, 6) is -3.32. The smallest absolute Gasteiger partial charge is 0.317 e. The van der Waals surface area contributed by atoms with Gasteiger partial charge in [0.1, 0.15) is 17.8 Å². The Bertz CT molecular complexity index is 1490. The summed E-state index contributed by atoms with van der Waals surface area (Å²) < 4.78 is 12.0. The van der Waals surface area contributed by atoms with Gasteiger partial charge in [0.05, 0.1) is 20.9 Å². The third kappa shape index (κ3) is 5.62. The second kappa shape index (κ2) is 11.3. The van der Waals surface area contributed by atoms with Crippen LogP contribution in [0.2, 0.25) is 0 Å². The molecule has 0 saturated carbocycles. The van der Waals surface area contributed by atoms with Crippen molar-refractivity contribution in [1.82, 2.24) is 0 Å². The summed E-state index contributed by atoms with van der Waals surface area (Å²) in [4.78, 5) is 43.9. The maximum Gasteiger partial charge on any atom is 0.317 e. The molecule has 4 rings (SSSR count). The Kier molecular flexibility index (Phi) is 7.83. The van der Waals surface area contributed by atoms with E-state index in [1.54, 1.807) is 0 Å². The van der Waals surface area contributed by atoms with Gasteiger partial charge in [0, 0.05) is 42.0 Å². The molecular weight excluding hydrogens is 530 g/mol. The van der Waals surface area contributed by atoms with Crippen molar-refractivity contribution < 1.29 is 39.3 Å². The van der Waals surface area contributed by atoms with E-state index in [9.17, 15) is 45.4 Å². The van der Waals surface area contributed by atoms with Crippen LogP contribution in [0.15, 0.2) is 84.1 Å². The second-order valence-electron chi connectivity index (χ2n) is 8.82. The zero-order valence-electron chi connectivity index (χ0n) is 20.6. The summed E-state index contributed by atoms with van der Waals surface area (Å²) >= 11 is 0. The summed E-state index contributed by atoms with van der Waals surface area (Å²) in [6.07, 6.45) is -3.95. The number of benzene rings is 3. The molecule has 14 heteroatoms. The van der Waals surface area contributed by atoms with Crippen molar-refractivity contribution in [3.8, 4) is 0 Å². The van der Waals surface area contributed by atoms with Crippen LogP contribution in [-0.4, -0.2) is 31.0 Å². The van der Waals surface area contributed by atoms with E-state index in [0.717, 1.165) is 12.1 Å². The Labute approximate surface area is 225 Å². The van der Waals surface area contributed by atoms with E-state index in [4.69, 9.17) is 9.47 Å². The molecule has 2 N–H and O–H groups in total. The largest absolute Gasteiger partial charge is 0.481 e. The third-order valence-electron chi connectivity index (χ3n) is 6.37. The number of nitrogens with zero attached hydrogens (tertiary/aromatic N) is 3. The molecule has 1 aliphatic heterocycles. The van der Waals surface area contributed by atoms with Crippen molar-refractivity contribution in [2.24, 2.45) is 5.92 Å². The number of carboxylic acids is 1. The summed E-state index contributed by atoms with van der Waals surface area (Å²) in [5, 5.41) is 54.5. The van der Waals surface area contributed by atoms with Gasteiger partial charge >= 0.3 is 5.97 Å². The number of nitro benzene ring substituents is 3. The Morgan fingerprint density at radius 2 is 1.20 bits per heavy atom. The van der Waals surface area contributed by atoms with Crippen molar-refractivity contribution in [1.29, 1.82) is 0 Å². The number of aliphatic hydroxyl groups excluding tert-OH is 1.